The molecule has 1 rings (SSSR count). The molecule has 2 N–H and O–H groups in total. The number of hydrogen-bond acceptors (Lipinski definition) is 4. The van der Waals surface area contributed by atoms with Crippen LogP contribution in [-0.2, 0) is 9.53 Å². The van der Waals surface area contributed by atoms with Gasteiger partial charge in [-0.15, -0.1) is 0 Å². The second-order valence-electron chi connectivity index (χ2n) is 6.24. The molecule has 0 spiro atoms. The lowest BCUT2D eigenvalue weighted by Gasteiger charge is -2.07. The summed E-state index contributed by atoms with van der Waals surface area (Å²) in [6.07, 6.45) is 9.95. The number of esters is 1. The molecule has 0 aliphatic heterocycles. The Morgan fingerprint density at radius 3 is 2.00 bits per heavy atom. The molecule has 0 unspecified atom stereocenters. The van der Waals surface area contributed by atoms with Crippen molar-refractivity contribution in [3.63, 3.8) is 0 Å². The van der Waals surface area contributed by atoms with Gasteiger partial charge in [0.15, 0.2) is 0 Å². The number of benzene rings is 1. The molecule has 0 radical (unpaired) electrons. The van der Waals surface area contributed by atoms with Crippen LogP contribution < -0.4 is 10.6 Å². The van der Waals surface area contributed by atoms with Crippen molar-refractivity contribution in [3.8, 4) is 0 Å². The third-order valence-corrected chi connectivity index (χ3v) is 4.24. The van der Waals surface area contributed by atoms with Crippen molar-refractivity contribution in [2.45, 2.75) is 57.8 Å². The summed E-state index contributed by atoms with van der Waals surface area (Å²) >= 11 is 0. The van der Waals surface area contributed by atoms with Crippen LogP contribution in [0, 0.1) is 0 Å². The van der Waals surface area contributed by atoms with E-state index in [0.29, 0.717) is 12.0 Å². The molecule has 5 nitrogen and oxygen atoms in total. The Labute approximate surface area is 151 Å². The summed E-state index contributed by atoms with van der Waals surface area (Å²) < 4.78 is 4.62. The molecule has 0 aliphatic carbocycles. The van der Waals surface area contributed by atoms with E-state index in [0.717, 1.165) is 31.5 Å². The molecule has 1 aromatic rings. The van der Waals surface area contributed by atoms with E-state index >= 15 is 0 Å². The number of ether oxygens (including phenoxy) is 1. The van der Waals surface area contributed by atoms with Gasteiger partial charge < -0.3 is 15.4 Å². The van der Waals surface area contributed by atoms with Gasteiger partial charge in [0.25, 0.3) is 5.91 Å². The molecule has 1 aromatic carbocycles. The van der Waals surface area contributed by atoms with Gasteiger partial charge in [-0.2, -0.15) is 0 Å². The van der Waals surface area contributed by atoms with Crippen molar-refractivity contribution < 1.29 is 14.3 Å². The number of hydrogen-bond donors (Lipinski definition) is 2. The molecule has 0 bridgehead atoms. The number of anilines is 1. The van der Waals surface area contributed by atoms with Crippen molar-refractivity contribution >= 4 is 17.6 Å². The van der Waals surface area contributed by atoms with Gasteiger partial charge >= 0.3 is 5.97 Å². The molecular formula is C20H32N2O3. The first kappa shape index (κ1) is 21.0. The molecule has 0 aromatic heterocycles. The summed E-state index contributed by atoms with van der Waals surface area (Å²) in [5.41, 5.74) is 1.73. The highest BCUT2D eigenvalue weighted by Crippen LogP contribution is 2.12. The normalized spacial score (nSPS) is 10.3. The summed E-state index contributed by atoms with van der Waals surface area (Å²) in [4.78, 5) is 22.4. The second-order valence-corrected chi connectivity index (χ2v) is 6.24. The van der Waals surface area contributed by atoms with Gasteiger partial charge in [0.1, 0.15) is 0 Å². The average Bonchev–Trinajstić information content (AvgIpc) is 2.65. The van der Waals surface area contributed by atoms with Gasteiger partial charge in [-0.1, -0.05) is 38.5 Å². The number of amides is 1. The van der Waals surface area contributed by atoms with E-state index in [4.69, 9.17) is 0 Å². The summed E-state index contributed by atoms with van der Waals surface area (Å²) in [5.74, 6) is -0.160. The Kier molecular flexibility index (Phi) is 11.2. The predicted molar refractivity (Wildman–Crippen MR) is 102 cm³/mol. The van der Waals surface area contributed by atoms with E-state index in [2.05, 4.69) is 15.4 Å². The van der Waals surface area contributed by atoms with Gasteiger partial charge in [0, 0.05) is 31.3 Å². The number of rotatable bonds is 13. The SMILES string of the molecule is CNC(=O)c1ccc(NCCCCCCCCCCC(=O)OC)cc1. The Morgan fingerprint density at radius 1 is 0.880 bits per heavy atom. The summed E-state index contributed by atoms with van der Waals surface area (Å²) in [6.45, 7) is 0.957. The lowest BCUT2D eigenvalue weighted by molar-refractivity contribution is -0.140. The number of nitrogens with one attached hydrogen (secondary N) is 2. The first-order chi connectivity index (χ1) is 12.2. The zero-order valence-electron chi connectivity index (χ0n) is 15.6. The largest absolute Gasteiger partial charge is 0.469 e. The maximum Gasteiger partial charge on any atom is 0.305 e. The van der Waals surface area contributed by atoms with Crippen LogP contribution in [0.2, 0.25) is 0 Å². The zero-order valence-corrected chi connectivity index (χ0v) is 15.6. The average molecular weight is 348 g/mol. The van der Waals surface area contributed by atoms with Gasteiger partial charge in [-0.05, 0) is 37.1 Å². The lowest BCUT2D eigenvalue weighted by atomic mass is 10.1. The molecule has 0 aliphatic rings. The Bertz CT molecular complexity index is 500. The maximum atomic E-state index is 11.5. The fourth-order valence-electron chi connectivity index (χ4n) is 2.67. The number of unbranched alkanes of at least 4 members (excludes halogenated alkanes) is 7. The minimum atomic E-state index is -0.101. The highest BCUT2D eigenvalue weighted by molar-refractivity contribution is 5.94. The van der Waals surface area contributed by atoms with Gasteiger partial charge in [0.05, 0.1) is 7.11 Å². The molecule has 1 amide bonds. The van der Waals surface area contributed by atoms with Crippen LogP contribution in [0.1, 0.15) is 68.1 Å². The smallest absolute Gasteiger partial charge is 0.305 e. The van der Waals surface area contributed by atoms with Crippen molar-refractivity contribution in [3.05, 3.63) is 29.8 Å². The van der Waals surface area contributed by atoms with Crippen LogP contribution in [-0.4, -0.2) is 32.6 Å². The van der Waals surface area contributed by atoms with Crippen LogP contribution in [0.15, 0.2) is 24.3 Å². The third kappa shape index (κ3) is 9.75. The number of carbonyl (C=O) groups is 2. The molecule has 0 atom stereocenters. The molecule has 25 heavy (non-hydrogen) atoms. The van der Waals surface area contributed by atoms with E-state index in [-0.39, 0.29) is 11.9 Å². The Morgan fingerprint density at radius 2 is 1.44 bits per heavy atom. The molecule has 0 fully saturated rings. The van der Waals surface area contributed by atoms with Crippen LogP contribution >= 0.6 is 0 Å². The summed E-state index contributed by atoms with van der Waals surface area (Å²) in [5, 5.41) is 6.00. The van der Waals surface area contributed by atoms with Crippen molar-refractivity contribution in [2.24, 2.45) is 0 Å². The standard InChI is InChI=1S/C20H32N2O3/c1-21-20(24)17-12-14-18(15-13-17)22-16-10-8-6-4-3-5-7-9-11-19(23)25-2/h12-15,22H,3-11,16H2,1-2H3,(H,21,24). The first-order valence-electron chi connectivity index (χ1n) is 9.30. The predicted octanol–water partition coefficient (Wildman–Crippen LogP) is 4.14. The van der Waals surface area contributed by atoms with E-state index in [1.54, 1.807) is 7.05 Å². The summed E-state index contributed by atoms with van der Waals surface area (Å²) in [7, 11) is 3.08. The quantitative estimate of drug-likeness (QED) is 0.415. The molecule has 5 heteroatoms. The van der Waals surface area contributed by atoms with Crippen molar-refractivity contribution in [1.29, 1.82) is 0 Å². The van der Waals surface area contributed by atoms with Crippen LogP contribution in [0.3, 0.4) is 0 Å². The van der Waals surface area contributed by atoms with E-state index < -0.39 is 0 Å². The minimum absolute atomic E-state index is 0.0585. The van der Waals surface area contributed by atoms with Crippen molar-refractivity contribution in [2.75, 3.05) is 26.0 Å². The van der Waals surface area contributed by atoms with Gasteiger partial charge in [0.2, 0.25) is 0 Å². The lowest BCUT2D eigenvalue weighted by Crippen LogP contribution is -2.17. The topological polar surface area (TPSA) is 67.4 Å². The highest BCUT2D eigenvalue weighted by Gasteiger charge is 2.02. The van der Waals surface area contributed by atoms with E-state index in [1.165, 1.54) is 39.2 Å². The van der Waals surface area contributed by atoms with E-state index in [1.807, 2.05) is 24.3 Å². The number of carbonyl (C=O) groups excluding carboxylic acids is 2. The fraction of sp³-hybridized carbons (Fsp3) is 0.600. The van der Waals surface area contributed by atoms with Crippen LogP contribution in [0.5, 0.6) is 0 Å². The van der Waals surface area contributed by atoms with Crippen molar-refractivity contribution in [1.82, 2.24) is 5.32 Å². The maximum absolute atomic E-state index is 11.5. The molecule has 140 valence electrons. The molecule has 0 saturated heterocycles. The van der Waals surface area contributed by atoms with Gasteiger partial charge in [-0.25, -0.2) is 0 Å². The Hall–Kier alpha value is -2.04. The number of methoxy groups -OCH3 is 1. The third-order valence-electron chi connectivity index (χ3n) is 4.24. The monoisotopic (exact) mass is 348 g/mol. The fourth-order valence-corrected chi connectivity index (χ4v) is 2.67. The second kappa shape index (κ2) is 13.3. The molecule has 0 heterocycles. The molecular weight excluding hydrogens is 316 g/mol. The molecule has 0 saturated carbocycles. The van der Waals surface area contributed by atoms with Crippen LogP contribution in [0.4, 0.5) is 5.69 Å². The summed E-state index contributed by atoms with van der Waals surface area (Å²) in [6, 6.07) is 7.56. The first-order valence-corrected chi connectivity index (χ1v) is 9.30. The van der Waals surface area contributed by atoms with Gasteiger partial charge in [-0.3, -0.25) is 9.59 Å². The Balaban J connectivity index is 1.95. The minimum Gasteiger partial charge on any atom is -0.469 e. The van der Waals surface area contributed by atoms with E-state index in [9.17, 15) is 9.59 Å². The highest BCUT2D eigenvalue weighted by atomic mass is 16.5. The zero-order chi connectivity index (χ0) is 18.3. The van der Waals surface area contributed by atoms with Crippen LogP contribution in [0.25, 0.3) is 0 Å².